The average Bonchev–Trinajstić information content (AvgIpc) is 3.05. The summed E-state index contributed by atoms with van der Waals surface area (Å²) in [5, 5.41) is 15.0. The van der Waals surface area contributed by atoms with Crippen LogP contribution in [0.15, 0.2) is 42.5 Å². The van der Waals surface area contributed by atoms with Crippen LogP contribution in [0.4, 0.5) is 4.39 Å². The predicted octanol–water partition coefficient (Wildman–Crippen LogP) is 6.09. The van der Waals surface area contributed by atoms with Crippen molar-refractivity contribution in [3.05, 3.63) is 70.1 Å². The van der Waals surface area contributed by atoms with Crippen molar-refractivity contribution in [2.24, 2.45) is 11.8 Å². The molecule has 4 nitrogen and oxygen atoms in total. The lowest BCUT2D eigenvalue weighted by Crippen LogP contribution is -2.40. The highest BCUT2D eigenvalue weighted by atomic mass is 35.5. The highest BCUT2D eigenvalue weighted by Crippen LogP contribution is 2.32. The van der Waals surface area contributed by atoms with Gasteiger partial charge in [0.25, 0.3) is 0 Å². The molecular weight excluding hydrogens is 415 g/mol. The molecule has 0 unspecified atom stereocenters. The lowest BCUT2D eigenvalue weighted by molar-refractivity contribution is 0.0684. The molecule has 3 aromatic rings. The molecule has 2 N–H and O–H groups in total. The minimum atomic E-state index is -0.976. The van der Waals surface area contributed by atoms with E-state index in [4.69, 9.17) is 11.6 Å². The quantitative estimate of drug-likeness (QED) is 0.485. The van der Waals surface area contributed by atoms with Gasteiger partial charge >= 0.3 is 5.97 Å². The van der Waals surface area contributed by atoms with Crippen LogP contribution in [0.5, 0.6) is 0 Å². The zero-order valence-corrected chi connectivity index (χ0v) is 18.6. The number of para-hydroxylation sites is 1. The van der Waals surface area contributed by atoms with Gasteiger partial charge in [0.1, 0.15) is 11.5 Å². The summed E-state index contributed by atoms with van der Waals surface area (Å²) in [4.78, 5) is 12.4. The van der Waals surface area contributed by atoms with Crippen molar-refractivity contribution in [1.29, 1.82) is 0 Å². The number of carbonyl (C=O) groups is 1. The normalized spacial score (nSPS) is 21.5. The van der Waals surface area contributed by atoms with Crippen LogP contribution in [-0.4, -0.2) is 21.7 Å². The number of hydrogen-bond donors (Lipinski definition) is 2. The fourth-order valence-corrected chi connectivity index (χ4v) is 5.11. The number of aromatic carboxylic acids is 1. The first-order valence-electron chi connectivity index (χ1n) is 10.9. The van der Waals surface area contributed by atoms with Crippen molar-refractivity contribution in [3.8, 4) is 0 Å². The molecule has 6 heteroatoms. The van der Waals surface area contributed by atoms with Gasteiger partial charge in [-0.1, -0.05) is 62.6 Å². The van der Waals surface area contributed by atoms with Crippen LogP contribution >= 0.6 is 11.6 Å². The summed E-state index contributed by atoms with van der Waals surface area (Å²) < 4.78 is 15.3. The van der Waals surface area contributed by atoms with E-state index in [0.717, 1.165) is 22.9 Å². The summed E-state index contributed by atoms with van der Waals surface area (Å²) in [6, 6.07) is 12.3. The van der Waals surface area contributed by atoms with Gasteiger partial charge in [-0.05, 0) is 42.0 Å². The van der Waals surface area contributed by atoms with Crippen LogP contribution in [0.25, 0.3) is 10.9 Å². The standard InChI is InChI=1S/C25H28ClFN2O2/c1-15-6-5-8-22(16(15)2)28-13-20-19-7-3-4-9-23(19)29(24(20)25(30)31)14-17-10-11-18(27)12-21(17)26/h3-4,7,9-12,15-16,22,28H,5-6,8,13-14H2,1-2H3,(H,30,31)/t15-,16-,22-/m1/s1. The van der Waals surface area contributed by atoms with E-state index in [1.165, 1.54) is 25.0 Å². The molecule has 4 rings (SSSR count). The van der Waals surface area contributed by atoms with Crippen LogP contribution in [0.2, 0.25) is 5.02 Å². The van der Waals surface area contributed by atoms with Gasteiger partial charge in [-0.2, -0.15) is 0 Å². The summed E-state index contributed by atoms with van der Waals surface area (Å²) in [7, 11) is 0. The summed E-state index contributed by atoms with van der Waals surface area (Å²) in [6.07, 6.45) is 3.55. The van der Waals surface area contributed by atoms with E-state index in [0.29, 0.717) is 35.0 Å². The molecule has 1 saturated carbocycles. The van der Waals surface area contributed by atoms with E-state index >= 15 is 0 Å². The minimum Gasteiger partial charge on any atom is -0.477 e. The molecule has 2 aromatic carbocycles. The maximum Gasteiger partial charge on any atom is 0.352 e. The van der Waals surface area contributed by atoms with Crippen LogP contribution in [0, 0.1) is 17.7 Å². The second-order valence-electron chi connectivity index (χ2n) is 8.73. The van der Waals surface area contributed by atoms with Gasteiger partial charge in [0.05, 0.1) is 0 Å². The van der Waals surface area contributed by atoms with Gasteiger partial charge in [0, 0.05) is 40.6 Å². The topological polar surface area (TPSA) is 54.3 Å². The molecule has 1 heterocycles. The van der Waals surface area contributed by atoms with Gasteiger partial charge in [-0.25, -0.2) is 9.18 Å². The van der Waals surface area contributed by atoms with Crippen LogP contribution in [0.3, 0.4) is 0 Å². The molecule has 0 amide bonds. The molecule has 0 bridgehead atoms. The van der Waals surface area contributed by atoms with Gasteiger partial charge in [-0.15, -0.1) is 0 Å². The largest absolute Gasteiger partial charge is 0.477 e. The van der Waals surface area contributed by atoms with E-state index in [-0.39, 0.29) is 12.2 Å². The Labute approximate surface area is 187 Å². The van der Waals surface area contributed by atoms with E-state index in [1.54, 1.807) is 10.6 Å². The summed E-state index contributed by atoms with van der Waals surface area (Å²) >= 11 is 6.25. The molecule has 31 heavy (non-hydrogen) atoms. The van der Waals surface area contributed by atoms with Crippen LogP contribution in [-0.2, 0) is 13.1 Å². The number of halogens is 2. The molecule has 0 aliphatic heterocycles. The first-order chi connectivity index (χ1) is 14.9. The number of fused-ring (bicyclic) bond motifs is 1. The third kappa shape index (κ3) is 4.35. The predicted molar refractivity (Wildman–Crippen MR) is 122 cm³/mol. The Kier molecular flexibility index (Phi) is 6.35. The third-order valence-electron chi connectivity index (χ3n) is 6.87. The van der Waals surface area contributed by atoms with Crippen LogP contribution in [0.1, 0.15) is 54.7 Å². The Morgan fingerprint density at radius 2 is 2.00 bits per heavy atom. The highest BCUT2D eigenvalue weighted by molar-refractivity contribution is 6.31. The van der Waals surface area contributed by atoms with Gasteiger partial charge in [0.15, 0.2) is 0 Å². The van der Waals surface area contributed by atoms with Crippen molar-refractivity contribution >= 4 is 28.5 Å². The summed E-state index contributed by atoms with van der Waals surface area (Å²) in [5.74, 6) is -0.179. The lowest BCUT2D eigenvalue weighted by atomic mass is 9.78. The zero-order chi connectivity index (χ0) is 22.1. The lowest BCUT2D eigenvalue weighted by Gasteiger charge is -2.34. The number of carboxylic acid groups (broad SMARTS) is 1. The van der Waals surface area contributed by atoms with Crippen molar-refractivity contribution in [1.82, 2.24) is 9.88 Å². The molecule has 0 spiro atoms. The molecule has 3 atom stereocenters. The number of rotatable bonds is 6. The van der Waals surface area contributed by atoms with E-state index in [2.05, 4.69) is 19.2 Å². The Morgan fingerprint density at radius 3 is 2.74 bits per heavy atom. The fraction of sp³-hybridized carbons (Fsp3) is 0.400. The van der Waals surface area contributed by atoms with Crippen molar-refractivity contribution in [2.45, 2.75) is 52.2 Å². The number of carboxylic acids is 1. The first-order valence-corrected chi connectivity index (χ1v) is 11.2. The summed E-state index contributed by atoms with van der Waals surface area (Å²) in [6.45, 7) is 5.32. The number of benzene rings is 2. The van der Waals surface area contributed by atoms with E-state index in [9.17, 15) is 14.3 Å². The number of aromatic nitrogens is 1. The molecule has 1 aliphatic carbocycles. The third-order valence-corrected chi connectivity index (χ3v) is 7.22. The van der Waals surface area contributed by atoms with Crippen molar-refractivity contribution in [3.63, 3.8) is 0 Å². The maximum atomic E-state index is 13.5. The molecule has 1 aliphatic rings. The monoisotopic (exact) mass is 442 g/mol. The van der Waals surface area contributed by atoms with Gasteiger partial charge in [-0.3, -0.25) is 0 Å². The molecule has 1 fully saturated rings. The van der Waals surface area contributed by atoms with E-state index in [1.807, 2.05) is 24.3 Å². The van der Waals surface area contributed by atoms with Crippen molar-refractivity contribution < 1.29 is 14.3 Å². The van der Waals surface area contributed by atoms with Crippen LogP contribution < -0.4 is 5.32 Å². The molecule has 164 valence electrons. The molecule has 0 saturated heterocycles. The maximum absolute atomic E-state index is 13.5. The molecule has 1 aromatic heterocycles. The zero-order valence-electron chi connectivity index (χ0n) is 17.9. The Balaban J connectivity index is 1.73. The SMILES string of the molecule is C[C@@H]1[C@H](C)CCC[C@H]1NCc1c(C(=O)O)n(Cc2ccc(F)cc2Cl)c2ccccc12. The Bertz CT molecular complexity index is 1110. The van der Waals surface area contributed by atoms with E-state index < -0.39 is 11.8 Å². The number of hydrogen-bond acceptors (Lipinski definition) is 2. The first kappa shape index (κ1) is 21.8. The highest BCUT2D eigenvalue weighted by Gasteiger charge is 2.28. The fourth-order valence-electron chi connectivity index (χ4n) is 4.89. The second-order valence-corrected chi connectivity index (χ2v) is 9.13. The van der Waals surface area contributed by atoms with Gasteiger partial charge in [0.2, 0.25) is 0 Å². The summed E-state index contributed by atoms with van der Waals surface area (Å²) in [5.41, 5.74) is 2.56. The molecule has 0 radical (unpaired) electrons. The van der Waals surface area contributed by atoms with Gasteiger partial charge < -0.3 is 15.0 Å². The Morgan fingerprint density at radius 1 is 1.23 bits per heavy atom. The minimum absolute atomic E-state index is 0.255. The number of nitrogens with one attached hydrogen (secondary N) is 1. The van der Waals surface area contributed by atoms with Crippen molar-refractivity contribution in [2.75, 3.05) is 0 Å². The molecular formula is C25H28ClFN2O2. The average molecular weight is 443 g/mol. The Hall–Kier alpha value is -2.37. The second kappa shape index (κ2) is 9.01. The smallest absolute Gasteiger partial charge is 0.352 e. The number of nitrogens with zero attached hydrogens (tertiary/aromatic N) is 1.